The van der Waals surface area contributed by atoms with E-state index in [0.717, 1.165) is 32.0 Å². The first-order chi connectivity index (χ1) is 12.0. The molecule has 2 atom stereocenters. The number of aromatic hydroxyl groups is 1. The van der Waals surface area contributed by atoms with Crippen molar-refractivity contribution in [3.05, 3.63) is 59.7 Å². The van der Waals surface area contributed by atoms with Crippen LogP contribution in [0, 0.1) is 0 Å². The number of halogens is 1. The van der Waals surface area contributed by atoms with E-state index in [0.29, 0.717) is 17.6 Å². The molecule has 2 aromatic rings. The van der Waals surface area contributed by atoms with E-state index in [4.69, 9.17) is 4.74 Å². The van der Waals surface area contributed by atoms with Crippen molar-refractivity contribution in [2.45, 2.75) is 39.5 Å². The van der Waals surface area contributed by atoms with Crippen LogP contribution in [0.25, 0.3) is 0 Å². The lowest BCUT2D eigenvalue weighted by Crippen LogP contribution is -2.27. The fraction of sp³-hybridized carbons (Fsp3) is 0.455. The van der Waals surface area contributed by atoms with Crippen molar-refractivity contribution in [1.82, 2.24) is 4.90 Å². The highest BCUT2D eigenvalue weighted by Gasteiger charge is 2.16. The van der Waals surface area contributed by atoms with E-state index in [-0.39, 0.29) is 12.4 Å². The minimum absolute atomic E-state index is 0. The summed E-state index contributed by atoms with van der Waals surface area (Å²) >= 11 is 0. The fourth-order valence-electron chi connectivity index (χ4n) is 3.06. The van der Waals surface area contributed by atoms with E-state index in [9.17, 15) is 5.11 Å². The number of nitrogens with zero attached hydrogens (tertiary/aromatic N) is 1. The van der Waals surface area contributed by atoms with Crippen molar-refractivity contribution in [1.29, 1.82) is 0 Å². The van der Waals surface area contributed by atoms with Crippen LogP contribution in [0.4, 0.5) is 0 Å². The number of likely N-dealkylation sites (N-methyl/N-ethyl adjacent to an activating group) is 1. The average molecular weight is 378 g/mol. The van der Waals surface area contributed by atoms with E-state index in [1.807, 2.05) is 12.1 Å². The molecule has 2 rings (SSSR count). The van der Waals surface area contributed by atoms with Gasteiger partial charge in [-0.15, -0.1) is 12.4 Å². The molecule has 0 heterocycles. The maximum absolute atomic E-state index is 9.44. The minimum atomic E-state index is 0. The van der Waals surface area contributed by atoms with Gasteiger partial charge in [-0.05, 0) is 60.3 Å². The SMILES string of the molecule is CCN(CC)CCOc1ccc(C(C)C(C)c2ccc(O)cc2)cc1.Cl. The third-order valence-electron chi connectivity index (χ3n) is 5.15. The first kappa shape index (κ1) is 22.3. The Hall–Kier alpha value is -1.71. The predicted molar refractivity (Wildman–Crippen MR) is 112 cm³/mol. The molecule has 0 saturated carbocycles. The third kappa shape index (κ3) is 6.22. The van der Waals surface area contributed by atoms with Crippen LogP contribution in [-0.2, 0) is 0 Å². The summed E-state index contributed by atoms with van der Waals surface area (Å²) in [4.78, 5) is 2.36. The summed E-state index contributed by atoms with van der Waals surface area (Å²) in [6.07, 6.45) is 0. The average Bonchev–Trinajstić information content (AvgIpc) is 2.65. The van der Waals surface area contributed by atoms with Crippen LogP contribution in [0.1, 0.15) is 50.7 Å². The zero-order valence-corrected chi connectivity index (χ0v) is 17.1. The number of hydrogen-bond acceptors (Lipinski definition) is 3. The molecule has 3 nitrogen and oxygen atoms in total. The zero-order chi connectivity index (χ0) is 18.2. The molecular weight excluding hydrogens is 346 g/mol. The van der Waals surface area contributed by atoms with Crippen LogP contribution < -0.4 is 4.74 Å². The molecule has 4 heteroatoms. The summed E-state index contributed by atoms with van der Waals surface area (Å²) < 4.78 is 5.86. The molecule has 0 amide bonds. The molecule has 1 N–H and O–H groups in total. The van der Waals surface area contributed by atoms with Gasteiger partial charge in [-0.25, -0.2) is 0 Å². The number of phenols is 1. The van der Waals surface area contributed by atoms with Crippen LogP contribution in [0.2, 0.25) is 0 Å². The highest BCUT2D eigenvalue weighted by Crippen LogP contribution is 2.33. The second-order valence-electron chi connectivity index (χ2n) is 6.61. The van der Waals surface area contributed by atoms with Gasteiger partial charge in [-0.3, -0.25) is 0 Å². The maximum atomic E-state index is 9.44. The second kappa shape index (κ2) is 11.1. The summed E-state index contributed by atoms with van der Waals surface area (Å²) in [5.41, 5.74) is 2.54. The topological polar surface area (TPSA) is 32.7 Å². The fourth-order valence-corrected chi connectivity index (χ4v) is 3.06. The molecule has 0 bridgehead atoms. The largest absolute Gasteiger partial charge is 0.508 e. The smallest absolute Gasteiger partial charge is 0.119 e. The van der Waals surface area contributed by atoms with Crippen LogP contribution >= 0.6 is 12.4 Å². The van der Waals surface area contributed by atoms with Gasteiger partial charge < -0.3 is 14.7 Å². The summed E-state index contributed by atoms with van der Waals surface area (Å²) in [5.74, 6) is 2.03. The number of hydrogen-bond donors (Lipinski definition) is 1. The zero-order valence-electron chi connectivity index (χ0n) is 16.3. The summed E-state index contributed by atoms with van der Waals surface area (Å²) in [6, 6.07) is 16.0. The van der Waals surface area contributed by atoms with Crippen molar-refractivity contribution in [2.24, 2.45) is 0 Å². The molecular formula is C22H32ClNO2. The maximum Gasteiger partial charge on any atom is 0.119 e. The molecule has 0 aliphatic carbocycles. The van der Waals surface area contributed by atoms with Gasteiger partial charge in [0.15, 0.2) is 0 Å². The Balaban J connectivity index is 0.00000338. The van der Waals surface area contributed by atoms with Crippen molar-refractivity contribution >= 4 is 12.4 Å². The highest BCUT2D eigenvalue weighted by atomic mass is 35.5. The number of phenolic OH excluding ortho intramolecular Hbond substituents is 1. The van der Waals surface area contributed by atoms with Crippen LogP contribution in [-0.4, -0.2) is 36.2 Å². The Kier molecular flexibility index (Phi) is 9.53. The molecule has 0 radical (unpaired) electrons. The van der Waals surface area contributed by atoms with Gasteiger partial charge in [-0.1, -0.05) is 52.0 Å². The van der Waals surface area contributed by atoms with E-state index < -0.39 is 0 Å². The van der Waals surface area contributed by atoms with Gasteiger partial charge in [0.2, 0.25) is 0 Å². The predicted octanol–water partition coefficient (Wildman–Crippen LogP) is 5.44. The lowest BCUT2D eigenvalue weighted by atomic mass is 9.84. The van der Waals surface area contributed by atoms with Crippen LogP contribution in [0.5, 0.6) is 11.5 Å². The monoisotopic (exact) mass is 377 g/mol. The minimum Gasteiger partial charge on any atom is -0.508 e. The highest BCUT2D eigenvalue weighted by molar-refractivity contribution is 5.85. The molecule has 144 valence electrons. The number of benzene rings is 2. The molecule has 26 heavy (non-hydrogen) atoms. The van der Waals surface area contributed by atoms with E-state index >= 15 is 0 Å². The van der Waals surface area contributed by atoms with Gasteiger partial charge >= 0.3 is 0 Å². The van der Waals surface area contributed by atoms with Gasteiger partial charge in [0, 0.05) is 6.54 Å². The Morgan fingerprint density at radius 3 is 1.77 bits per heavy atom. The Morgan fingerprint density at radius 1 is 0.846 bits per heavy atom. The van der Waals surface area contributed by atoms with Gasteiger partial charge in [0.1, 0.15) is 18.1 Å². The second-order valence-corrected chi connectivity index (χ2v) is 6.61. The van der Waals surface area contributed by atoms with Crippen molar-refractivity contribution in [2.75, 3.05) is 26.2 Å². The molecule has 2 aromatic carbocycles. The molecule has 0 aliphatic heterocycles. The van der Waals surface area contributed by atoms with Crippen molar-refractivity contribution in [3.63, 3.8) is 0 Å². The van der Waals surface area contributed by atoms with E-state index in [2.05, 4.69) is 56.9 Å². The Morgan fingerprint density at radius 2 is 1.31 bits per heavy atom. The molecule has 0 aromatic heterocycles. The summed E-state index contributed by atoms with van der Waals surface area (Å²) in [6.45, 7) is 12.6. The normalized spacial score (nSPS) is 13.1. The molecule has 0 spiro atoms. The molecule has 0 aliphatic rings. The summed E-state index contributed by atoms with van der Waals surface area (Å²) in [5, 5.41) is 9.44. The lowest BCUT2D eigenvalue weighted by Gasteiger charge is -2.21. The summed E-state index contributed by atoms with van der Waals surface area (Å²) in [7, 11) is 0. The van der Waals surface area contributed by atoms with Crippen LogP contribution in [0.15, 0.2) is 48.5 Å². The molecule has 0 fully saturated rings. The quantitative estimate of drug-likeness (QED) is 0.631. The lowest BCUT2D eigenvalue weighted by molar-refractivity contribution is 0.223. The first-order valence-electron chi connectivity index (χ1n) is 9.29. The van der Waals surface area contributed by atoms with Gasteiger partial charge in [0.05, 0.1) is 0 Å². The number of ether oxygens (including phenoxy) is 1. The first-order valence-corrected chi connectivity index (χ1v) is 9.29. The van der Waals surface area contributed by atoms with Gasteiger partial charge in [0.25, 0.3) is 0 Å². The third-order valence-corrected chi connectivity index (χ3v) is 5.15. The van der Waals surface area contributed by atoms with Crippen molar-refractivity contribution < 1.29 is 9.84 Å². The Bertz CT molecular complexity index is 624. The van der Waals surface area contributed by atoms with E-state index in [1.54, 1.807) is 12.1 Å². The number of rotatable bonds is 9. The Labute approximate surface area is 164 Å². The van der Waals surface area contributed by atoms with Crippen LogP contribution in [0.3, 0.4) is 0 Å². The van der Waals surface area contributed by atoms with Gasteiger partial charge in [-0.2, -0.15) is 0 Å². The van der Waals surface area contributed by atoms with E-state index in [1.165, 1.54) is 11.1 Å². The standard InChI is InChI=1S/C22H31NO2.ClH/c1-5-23(6-2)15-16-25-22-13-9-20(10-14-22)18(4)17(3)19-7-11-21(24)12-8-19;/h7-14,17-18,24H,5-6,15-16H2,1-4H3;1H. The molecule has 2 unspecified atom stereocenters. The van der Waals surface area contributed by atoms with Crippen molar-refractivity contribution in [3.8, 4) is 11.5 Å². The molecule has 0 saturated heterocycles.